The van der Waals surface area contributed by atoms with Gasteiger partial charge in [-0.25, -0.2) is 0 Å². The third kappa shape index (κ3) is 4.51. The number of carbonyl (C=O) groups is 1. The largest absolute Gasteiger partial charge is 0.497 e. The number of methoxy groups -OCH3 is 1. The van der Waals surface area contributed by atoms with Gasteiger partial charge in [0.05, 0.1) is 19.3 Å². The van der Waals surface area contributed by atoms with Gasteiger partial charge < -0.3 is 15.4 Å². The Morgan fingerprint density at radius 1 is 1.08 bits per heavy atom. The molecule has 1 amide bonds. The predicted octanol–water partition coefficient (Wildman–Crippen LogP) is 2.74. The lowest BCUT2D eigenvalue weighted by molar-refractivity contribution is 0.102. The van der Waals surface area contributed by atoms with Crippen molar-refractivity contribution in [3.63, 3.8) is 0 Å². The molecule has 25 heavy (non-hydrogen) atoms. The van der Waals surface area contributed by atoms with Gasteiger partial charge in [0.2, 0.25) is 0 Å². The van der Waals surface area contributed by atoms with Crippen LogP contribution in [0.2, 0.25) is 0 Å². The lowest BCUT2D eigenvalue weighted by Crippen LogP contribution is -2.15. The van der Waals surface area contributed by atoms with Gasteiger partial charge in [-0.2, -0.15) is 0 Å². The molecule has 0 saturated carbocycles. The number of rotatable bonds is 6. The molecule has 0 fully saturated rings. The molecule has 0 spiro atoms. The van der Waals surface area contributed by atoms with E-state index in [9.17, 15) is 4.79 Å². The second kappa shape index (κ2) is 7.87. The summed E-state index contributed by atoms with van der Waals surface area (Å²) in [6.07, 6.45) is 1.73. The van der Waals surface area contributed by atoms with Crippen molar-refractivity contribution in [2.45, 2.75) is 6.54 Å². The van der Waals surface area contributed by atoms with Crippen LogP contribution in [0, 0.1) is 0 Å². The van der Waals surface area contributed by atoms with E-state index in [1.807, 2.05) is 18.2 Å². The topological polar surface area (TPSA) is 89.0 Å². The summed E-state index contributed by atoms with van der Waals surface area (Å²) in [5.41, 5.74) is 1.75. The van der Waals surface area contributed by atoms with E-state index in [-0.39, 0.29) is 11.6 Å². The lowest BCUT2D eigenvalue weighted by atomic mass is 10.3. The van der Waals surface area contributed by atoms with Crippen LogP contribution in [0.15, 0.2) is 60.8 Å². The van der Waals surface area contributed by atoms with Crippen molar-refractivity contribution in [3.8, 4) is 5.75 Å². The molecule has 2 aromatic heterocycles. The fourth-order valence-electron chi connectivity index (χ4n) is 2.13. The summed E-state index contributed by atoms with van der Waals surface area (Å²) in [7, 11) is 1.57. The van der Waals surface area contributed by atoms with Gasteiger partial charge in [-0.1, -0.05) is 12.1 Å². The Kier molecular flexibility index (Phi) is 5.16. The van der Waals surface area contributed by atoms with Crippen molar-refractivity contribution >= 4 is 17.4 Å². The van der Waals surface area contributed by atoms with Crippen LogP contribution < -0.4 is 15.4 Å². The van der Waals surface area contributed by atoms with E-state index in [1.54, 1.807) is 49.7 Å². The van der Waals surface area contributed by atoms with Crippen LogP contribution in [-0.2, 0) is 6.54 Å². The minimum absolute atomic E-state index is 0.228. The van der Waals surface area contributed by atoms with Crippen LogP contribution in [0.3, 0.4) is 0 Å². The second-order valence-electron chi connectivity index (χ2n) is 5.16. The zero-order chi connectivity index (χ0) is 17.5. The molecule has 7 heteroatoms. The van der Waals surface area contributed by atoms with Crippen LogP contribution in [0.5, 0.6) is 5.75 Å². The number of amides is 1. The monoisotopic (exact) mass is 335 g/mol. The first-order valence-electron chi connectivity index (χ1n) is 7.67. The summed E-state index contributed by atoms with van der Waals surface area (Å²) in [5, 5.41) is 13.8. The van der Waals surface area contributed by atoms with Crippen molar-refractivity contribution < 1.29 is 9.53 Å². The zero-order valence-corrected chi connectivity index (χ0v) is 13.6. The van der Waals surface area contributed by atoms with E-state index < -0.39 is 0 Å². The fourth-order valence-corrected chi connectivity index (χ4v) is 2.13. The Hall–Kier alpha value is -3.48. The summed E-state index contributed by atoms with van der Waals surface area (Å²) < 4.78 is 5.13. The standard InChI is InChI=1S/C18H17N5O2/c1-25-15-7-4-6-13(11-15)21-18(24)16-8-9-17(23-22-16)20-12-14-5-2-3-10-19-14/h2-11H,12H2,1H3,(H,20,23)(H,21,24). The van der Waals surface area contributed by atoms with Crippen molar-refractivity contribution in [2.75, 3.05) is 17.7 Å². The molecule has 1 aromatic carbocycles. The number of nitrogens with zero attached hydrogens (tertiary/aromatic N) is 3. The number of nitrogens with one attached hydrogen (secondary N) is 2. The SMILES string of the molecule is COc1cccc(NC(=O)c2ccc(NCc3ccccn3)nn2)c1. The van der Waals surface area contributed by atoms with Gasteiger partial charge >= 0.3 is 0 Å². The third-order valence-corrected chi connectivity index (χ3v) is 3.40. The highest BCUT2D eigenvalue weighted by atomic mass is 16.5. The number of anilines is 2. The molecular weight excluding hydrogens is 318 g/mol. The number of carbonyl (C=O) groups excluding carboxylic acids is 1. The molecule has 3 aromatic rings. The summed E-state index contributed by atoms with van der Waals surface area (Å²) >= 11 is 0. The van der Waals surface area contributed by atoms with E-state index in [1.165, 1.54) is 0 Å². The maximum absolute atomic E-state index is 12.2. The predicted molar refractivity (Wildman–Crippen MR) is 94.5 cm³/mol. The summed E-state index contributed by atoms with van der Waals surface area (Å²) in [6.45, 7) is 0.533. The zero-order valence-electron chi connectivity index (χ0n) is 13.6. The quantitative estimate of drug-likeness (QED) is 0.720. The number of ether oxygens (including phenoxy) is 1. The Morgan fingerprint density at radius 3 is 2.72 bits per heavy atom. The van der Waals surface area contributed by atoms with Crippen molar-refractivity contribution in [2.24, 2.45) is 0 Å². The Balaban J connectivity index is 1.60. The lowest BCUT2D eigenvalue weighted by Gasteiger charge is -2.07. The highest BCUT2D eigenvalue weighted by Gasteiger charge is 2.09. The van der Waals surface area contributed by atoms with E-state index in [0.29, 0.717) is 23.8 Å². The van der Waals surface area contributed by atoms with Gasteiger partial charge in [0.1, 0.15) is 11.6 Å². The average molecular weight is 335 g/mol. The minimum Gasteiger partial charge on any atom is -0.497 e. The molecule has 0 aliphatic carbocycles. The van der Waals surface area contributed by atoms with Gasteiger partial charge in [0.25, 0.3) is 5.91 Å². The van der Waals surface area contributed by atoms with Gasteiger partial charge in [-0.15, -0.1) is 10.2 Å². The highest BCUT2D eigenvalue weighted by molar-refractivity contribution is 6.02. The molecule has 7 nitrogen and oxygen atoms in total. The van der Waals surface area contributed by atoms with Gasteiger partial charge in [0, 0.05) is 18.0 Å². The normalized spacial score (nSPS) is 10.1. The molecule has 0 aliphatic rings. The molecular formula is C18H17N5O2. The van der Waals surface area contributed by atoms with Gasteiger partial charge in [-0.3, -0.25) is 9.78 Å². The molecule has 3 rings (SSSR count). The van der Waals surface area contributed by atoms with Gasteiger partial charge in [-0.05, 0) is 36.4 Å². The fraction of sp³-hybridized carbons (Fsp3) is 0.111. The second-order valence-corrected chi connectivity index (χ2v) is 5.16. The number of benzene rings is 1. The minimum atomic E-state index is -0.336. The molecule has 0 atom stereocenters. The van der Waals surface area contributed by atoms with E-state index in [4.69, 9.17) is 4.74 Å². The van der Waals surface area contributed by atoms with Crippen LogP contribution in [-0.4, -0.2) is 28.2 Å². The Morgan fingerprint density at radius 2 is 2.00 bits per heavy atom. The molecule has 126 valence electrons. The summed E-state index contributed by atoms with van der Waals surface area (Å²) in [6, 6.07) is 16.1. The molecule has 0 saturated heterocycles. The molecule has 0 bridgehead atoms. The van der Waals surface area contributed by atoms with E-state index >= 15 is 0 Å². The highest BCUT2D eigenvalue weighted by Crippen LogP contribution is 2.17. The third-order valence-electron chi connectivity index (χ3n) is 3.40. The summed E-state index contributed by atoms with van der Waals surface area (Å²) in [5.74, 6) is 0.901. The first-order chi connectivity index (χ1) is 12.2. The molecule has 2 N–H and O–H groups in total. The first kappa shape index (κ1) is 16.4. The number of hydrogen-bond acceptors (Lipinski definition) is 6. The van der Waals surface area contributed by atoms with Crippen LogP contribution in [0.4, 0.5) is 11.5 Å². The summed E-state index contributed by atoms with van der Waals surface area (Å²) in [4.78, 5) is 16.4. The van der Waals surface area contributed by atoms with Crippen LogP contribution in [0.1, 0.15) is 16.2 Å². The van der Waals surface area contributed by atoms with Crippen molar-refractivity contribution in [3.05, 3.63) is 72.2 Å². The smallest absolute Gasteiger partial charge is 0.276 e. The molecule has 0 aliphatic heterocycles. The molecule has 0 radical (unpaired) electrons. The van der Waals surface area contributed by atoms with Gasteiger partial charge in [0.15, 0.2) is 5.69 Å². The Bertz CT molecular complexity index is 838. The Labute approximate surface area is 145 Å². The maximum Gasteiger partial charge on any atom is 0.276 e. The van der Waals surface area contributed by atoms with Crippen LogP contribution in [0.25, 0.3) is 0 Å². The van der Waals surface area contributed by atoms with E-state index in [0.717, 1.165) is 5.69 Å². The van der Waals surface area contributed by atoms with Crippen molar-refractivity contribution in [1.29, 1.82) is 0 Å². The molecule has 0 unspecified atom stereocenters. The molecule has 2 heterocycles. The van der Waals surface area contributed by atoms with Crippen LogP contribution >= 0.6 is 0 Å². The van der Waals surface area contributed by atoms with Crippen molar-refractivity contribution in [1.82, 2.24) is 15.2 Å². The number of aromatic nitrogens is 3. The number of hydrogen-bond donors (Lipinski definition) is 2. The first-order valence-corrected chi connectivity index (χ1v) is 7.67. The van der Waals surface area contributed by atoms with E-state index in [2.05, 4.69) is 25.8 Å². The maximum atomic E-state index is 12.2. The average Bonchev–Trinajstić information content (AvgIpc) is 2.67. The number of pyridine rings is 1.